The van der Waals surface area contributed by atoms with Gasteiger partial charge in [-0.2, -0.15) is 0 Å². The number of carbonyl (C=O) groups excluding carboxylic acids is 1. The second-order valence-corrected chi connectivity index (χ2v) is 2.84. The molecule has 2 heteroatoms. The van der Waals surface area contributed by atoms with Crippen LogP contribution in [-0.2, 0) is 4.79 Å². The largest absolute Gasteiger partial charge is 0.330 e. The lowest BCUT2D eigenvalue weighted by atomic mass is 10.2. The molecule has 2 N–H and O–H groups in total. The molecule has 0 saturated heterocycles. The van der Waals surface area contributed by atoms with Crippen molar-refractivity contribution < 1.29 is 4.79 Å². The molecule has 2 nitrogen and oxygen atoms in total. The maximum atomic E-state index is 9.96. The molecule has 0 aromatic heterocycles. The van der Waals surface area contributed by atoms with Gasteiger partial charge in [-0.15, -0.1) is 0 Å². The molecule has 0 radical (unpaired) electrons. The first-order chi connectivity index (χ1) is 6.41. The Bertz CT molecular complexity index is 161. The van der Waals surface area contributed by atoms with E-state index >= 15 is 0 Å². The smallest absolute Gasteiger partial charge is 0.120 e. The Morgan fingerprint density at radius 3 is 1.69 bits per heavy atom. The van der Waals surface area contributed by atoms with Gasteiger partial charge >= 0.3 is 0 Å². The summed E-state index contributed by atoms with van der Waals surface area (Å²) in [6, 6.07) is 0. The summed E-state index contributed by atoms with van der Waals surface area (Å²) >= 11 is 0. The third-order valence-corrected chi connectivity index (χ3v) is 1.62. The first kappa shape index (κ1) is 12.1. The van der Waals surface area contributed by atoms with Gasteiger partial charge in [0.05, 0.1) is 0 Å². The Balaban J connectivity index is 3.14. The highest BCUT2D eigenvalue weighted by atomic mass is 16.1. The van der Waals surface area contributed by atoms with Crippen LogP contribution in [0.4, 0.5) is 0 Å². The van der Waals surface area contributed by atoms with E-state index in [2.05, 4.69) is 24.3 Å². The number of allylic oxidation sites excluding steroid dienone is 3. The van der Waals surface area contributed by atoms with E-state index in [-0.39, 0.29) is 0 Å². The van der Waals surface area contributed by atoms with Crippen molar-refractivity contribution in [3.05, 3.63) is 24.3 Å². The lowest BCUT2D eigenvalue weighted by molar-refractivity contribution is -0.107. The molecule has 0 spiro atoms. The SMILES string of the molecule is NCC/C=C/CC/C=C/CCC=O. The molecule has 0 aromatic rings. The molecular formula is C11H19NO. The van der Waals surface area contributed by atoms with Crippen molar-refractivity contribution in [2.45, 2.75) is 32.1 Å². The summed E-state index contributed by atoms with van der Waals surface area (Å²) in [5.41, 5.74) is 5.33. The fourth-order valence-electron chi connectivity index (χ4n) is 0.924. The Hall–Kier alpha value is -0.890. The van der Waals surface area contributed by atoms with Crippen molar-refractivity contribution in [1.82, 2.24) is 0 Å². The van der Waals surface area contributed by atoms with Crippen LogP contribution in [-0.4, -0.2) is 12.8 Å². The molecule has 0 aliphatic heterocycles. The van der Waals surface area contributed by atoms with Crippen molar-refractivity contribution in [2.24, 2.45) is 5.73 Å². The van der Waals surface area contributed by atoms with Crippen LogP contribution >= 0.6 is 0 Å². The van der Waals surface area contributed by atoms with E-state index in [0.717, 1.165) is 38.5 Å². The average molecular weight is 181 g/mol. The summed E-state index contributed by atoms with van der Waals surface area (Å²) in [4.78, 5) is 9.96. The van der Waals surface area contributed by atoms with E-state index in [9.17, 15) is 4.79 Å². The maximum Gasteiger partial charge on any atom is 0.120 e. The van der Waals surface area contributed by atoms with E-state index in [1.165, 1.54) is 0 Å². The van der Waals surface area contributed by atoms with Crippen LogP contribution in [0.3, 0.4) is 0 Å². The zero-order valence-corrected chi connectivity index (χ0v) is 8.11. The minimum Gasteiger partial charge on any atom is -0.330 e. The van der Waals surface area contributed by atoms with Gasteiger partial charge in [-0.3, -0.25) is 0 Å². The summed E-state index contributed by atoms with van der Waals surface area (Å²) < 4.78 is 0. The molecule has 74 valence electrons. The second kappa shape index (κ2) is 11.1. The summed E-state index contributed by atoms with van der Waals surface area (Å²) in [5.74, 6) is 0. The van der Waals surface area contributed by atoms with Gasteiger partial charge in [0.2, 0.25) is 0 Å². The predicted octanol–water partition coefficient (Wildman–Crippen LogP) is 2.21. The molecule has 0 saturated carbocycles. The zero-order valence-electron chi connectivity index (χ0n) is 8.11. The highest BCUT2D eigenvalue weighted by Crippen LogP contribution is 1.96. The summed E-state index contributed by atoms with van der Waals surface area (Å²) in [5, 5.41) is 0. The van der Waals surface area contributed by atoms with E-state index in [0.29, 0.717) is 6.42 Å². The summed E-state index contributed by atoms with van der Waals surface area (Å²) in [6.07, 6.45) is 14.0. The third kappa shape index (κ3) is 11.1. The molecule has 0 bridgehead atoms. The first-order valence-corrected chi connectivity index (χ1v) is 4.85. The van der Waals surface area contributed by atoms with Crippen molar-refractivity contribution >= 4 is 6.29 Å². The zero-order chi connectivity index (χ0) is 9.78. The number of aldehydes is 1. The highest BCUT2D eigenvalue weighted by molar-refractivity contribution is 5.49. The van der Waals surface area contributed by atoms with Crippen LogP contribution in [0.1, 0.15) is 32.1 Å². The minimum absolute atomic E-state index is 0.638. The van der Waals surface area contributed by atoms with Gasteiger partial charge < -0.3 is 10.5 Å². The molecule has 0 heterocycles. The fourth-order valence-corrected chi connectivity index (χ4v) is 0.924. The van der Waals surface area contributed by atoms with Crippen molar-refractivity contribution in [3.8, 4) is 0 Å². The van der Waals surface area contributed by atoms with Gasteiger partial charge in [0.25, 0.3) is 0 Å². The van der Waals surface area contributed by atoms with Crippen LogP contribution in [0.5, 0.6) is 0 Å². The van der Waals surface area contributed by atoms with Crippen LogP contribution < -0.4 is 5.73 Å². The molecular weight excluding hydrogens is 162 g/mol. The average Bonchev–Trinajstić information content (AvgIpc) is 2.16. The third-order valence-electron chi connectivity index (χ3n) is 1.62. The van der Waals surface area contributed by atoms with Crippen molar-refractivity contribution in [2.75, 3.05) is 6.54 Å². The van der Waals surface area contributed by atoms with Crippen LogP contribution in [0.15, 0.2) is 24.3 Å². The van der Waals surface area contributed by atoms with Gasteiger partial charge in [0.1, 0.15) is 6.29 Å². The highest BCUT2D eigenvalue weighted by Gasteiger charge is 1.79. The molecule has 0 aliphatic rings. The molecule has 13 heavy (non-hydrogen) atoms. The maximum absolute atomic E-state index is 9.96. The summed E-state index contributed by atoms with van der Waals surface area (Å²) in [6.45, 7) is 0.728. The van der Waals surface area contributed by atoms with Gasteiger partial charge in [0, 0.05) is 6.42 Å². The number of hydrogen-bond donors (Lipinski definition) is 1. The molecule has 0 amide bonds. The lowest BCUT2D eigenvalue weighted by Gasteiger charge is -1.87. The van der Waals surface area contributed by atoms with Gasteiger partial charge in [-0.05, 0) is 32.2 Å². The Morgan fingerprint density at radius 2 is 1.23 bits per heavy atom. The van der Waals surface area contributed by atoms with Crippen molar-refractivity contribution in [1.29, 1.82) is 0 Å². The quantitative estimate of drug-likeness (QED) is 0.354. The van der Waals surface area contributed by atoms with E-state index < -0.39 is 0 Å². The van der Waals surface area contributed by atoms with Crippen LogP contribution in [0.2, 0.25) is 0 Å². The van der Waals surface area contributed by atoms with Gasteiger partial charge in [0.15, 0.2) is 0 Å². The predicted molar refractivity (Wildman–Crippen MR) is 56.5 cm³/mol. The summed E-state index contributed by atoms with van der Waals surface area (Å²) in [7, 11) is 0. The number of hydrogen-bond acceptors (Lipinski definition) is 2. The lowest BCUT2D eigenvalue weighted by Crippen LogP contribution is -1.94. The van der Waals surface area contributed by atoms with E-state index in [1.54, 1.807) is 0 Å². The molecule has 0 rings (SSSR count). The normalized spacial score (nSPS) is 11.5. The van der Waals surface area contributed by atoms with Crippen LogP contribution in [0.25, 0.3) is 0 Å². The number of unbranched alkanes of at least 4 members (excludes halogenated alkanes) is 2. The Morgan fingerprint density at radius 1 is 0.769 bits per heavy atom. The Kier molecular flexibility index (Phi) is 10.3. The van der Waals surface area contributed by atoms with Gasteiger partial charge in [-0.1, -0.05) is 24.3 Å². The van der Waals surface area contributed by atoms with E-state index in [1.807, 2.05) is 0 Å². The number of rotatable bonds is 8. The van der Waals surface area contributed by atoms with Crippen molar-refractivity contribution in [3.63, 3.8) is 0 Å². The molecule has 0 atom stereocenters. The number of carbonyl (C=O) groups is 1. The minimum atomic E-state index is 0.638. The standard InChI is InChI=1S/C11H19NO/c12-10-8-6-4-2-1-3-5-7-9-11-13/h3-6,11H,1-2,7-10,12H2/b5-3+,6-4+. The second-order valence-electron chi connectivity index (χ2n) is 2.84. The van der Waals surface area contributed by atoms with E-state index in [4.69, 9.17) is 5.73 Å². The molecule has 0 unspecified atom stereocenters. The first-order valence-electron chi connectivity index (χ1n) is 4.85. The fraction of sp³-hybridized carbons (Fsp3) is 0.545. The molecule has 0 fully saturated rings. The number of nitrogens with two attached hydrogens (primary N) is 1. The van der Waals surface area contributed by atoms with Crippen LogP contribution in [0, 0.1) is 0 Å². The molecule has 0 aliphatic carbocycles. The Labute approximate surface area is 80.5 Å². The monoisotopic (exact) mass is 181 g/mol. The molecule has 0 aromatic carbocycles. The topological polar surface area (TPSA) is 43.1 Å². The van der Waals surface area contributed by atoms with Gasteiger partial charge in [-0.25, -0.2) is 0 Å².